The molecule has 0 amide bonds. The summed E-state index contributed by atoms with van der Waals surface area (Å²) in [6.45, 7) is 5.24. The predicted octanol–water partition coefficient (Wildman–Crippen LogP) is 3.11. The molecule has 2 fully saturated rings. The maximum Gasteiger partial charge on any atom is 0.151 e. The molecule has 9 nitrogen and oxygen atoms in total. The van der Waals surface area contributed by atoms with Gasteiger partial charge >= 0.3 is 0 Å². The average Bonchev–Trinajstić information content (AvgIpc) is 3.33. The van der Waals surface area contributed by atoms with Crippen molar-refractivity contribution >= 4 is 5.82 Å². The van der Waals surface area contributed by atoms with Crippen LogP contribution < -0.4 is 15.0 Å². The zero-order chi connectivity index (χ0) is 22.6. The van der Waals surface area contributed by atoms with Crippen molar-refractivity contribution in [3.05, 3.63) is 42.5 Å². The first-order valence-corrected chi connectivity index (χ1v) is 11.9. The van der Waals surface area contributed by atoms with Gasteiger partial charge in [-0.15, -0.1) is 10.2 Å². The molecule has 1 N–H and O–H groups in total. The number of piperidine rings is 1. The van der Waals surface area contributed by atoms with Gasteiger partial charge in [0.05, 0.1) is 31.2 Å². The Morgan fingerprint density at radius 3 is 2.79 bits per heavy atom. The van der Waals surface area contributed by atoms with E-state index in [2.05, 4.69) is 41.8 Å². The van der Waals surface area contributed by atoms with Crippen LogP contribution in [0, 0.1) is 5.92 Å². The van der Waals surface area contributed by atoms with Crippen molar-refractivity contribution in [2.24, 2.45) is 5.92 Å². The van der Waals surface area contributed by atoms with Crippen molar-refractivity contribution < 1.29 is 4.74 Å². The number of hydrogen-bond donors (Lipinski definition) is 1. The average molecular weight is 449 g/mol. The van der Waals surface area contributed by atoms with Crippen molar-refractivity contribution in [2.75, 3.05) is 31.6 Å². The van der Waals surface area contributed by atoms with Crippen molar-refractivity contribution in [3.63, 3.8) is 0 Å². The molecule has 1 saturated heterocycles. The number of ether oxygens (including phenoxy) is 1. The second-order valence-electron chi connectivity index (χ2n) is 9.18. The molecule has 3 aromatic rings. The molecule has 174 valence electrons. The topological polar surface area (TPSA) is 93.9 Å². The highest BCUT2D eigenvalue weighted by molar-refractivity contribution is 5.58. The molecule has 2 atom stereocenters. The summed E-state index contributed by atoms with van der Waals surface area (Å²) in [5.74, 6) is 2.52. The Bertz CT molecular complexity index is 1050. The summed E-state index contributed by atoms with van der Waals surface area (Å²) in [7, 11) is 1.62. The number of nitrogens with zero attached hydrogens (tertiary/aromatic N) is 7. The minimum absolute atomic E-state index is 0.0791. The number of hydrogen-bond acceptors (Lipinski definition) is 8. The maximum atomic E-state index is 5.26. The van der Waals surface area contributed by atoms with Crippen LogP contribution in [0.3, 0.4) is 0 Å². The molecule has 2 aliphatic rings. The van der Waals surface area contributed by atoms with Gasteiger partial charge in [-0.2, -0.15) is 5.10 Å². The lowest BCUT2D eigenvalue weighted by molar-refractivity contribution is 0.280. The van der Waals surface area contributed by atoms with E-state index in [1.165, 1.54) is 32.1 Å². The second-order valence-corrected chi connectivity index (χ2v) is 9.18. The van der Waals surface area contributed by atoms with E-state index in [4.69, 9.17) is 4.74 Å². The summed E-state index contributed by atoms with van der Waals surface area (Å²) in [4.78, 5) is 6.55. The number of methoxy groups -OCH3 is 1. The van der Waals surface area contributed by atoms with E-state index in [0.29, 0.717) is 11.8 Å². The van der Waals surface area contributed by atoms with E-state index >= 15 is 0 Å². The van der Waals surface area contributed by atoms with Crippen LogP contribution in [0.5, 0.6) is 5.75 Å². The van der Waals surface area contributed by atoms with Crippen LogP contribution in [0.1, 0.15) is 50.8 Å². The quantitative estimate of drug-likeness (QED) is 0.562. The molecule has 0 radical (unpaired) electrons. The van der Waals surface area contributed by atoms with E-state index in [1.807, 2.05) is 25.3 Å². The van der Waals surface area contributed by atoms with Gasteiger partial charge < -0.3 is 15.0 Å². The monoisotopic (exact) mass is 448 g/mol. The maximum absolute atomic E-state index is 5.26. The SMILES string of the molecule is COc1cncc(-c2cn(C(C)c3ccc(N4CCC[C@@H](NCC5CCC5)C4)nn3)nn2)c1. The van der Waals surface area contributed by atoms with E-state index in [0.717, 1.165) is 48.3 Å². The molecule has 9 heteroatoms. The fraction of sp³-hybridized carbons (Fsp3) is 0.542. The molecule has 33 heavy (non-hydrogen) atoms. The lowest BCUT2D eigenvalue weighted by Crippen LogP contribution is -2.47. The van der Waals surface area contributed by atoms with E-state index in [-0.39, 0.29) is 6.04 Å². The third-order valence-electron chi connectivity index (χ3n) is 6.92. The lowest BCUT2D eigenvalue weighted by Gasteiger charge is -2.35. The molecule has 1 aliphatic carbocycles. The second kappa shape index (κ2) is 9.82. The van der Waals surface area contributed by atoms with E-state index in [1.54, 1.807) is 24.2 Å². The predicted molar refractivity (Wildman–Crippen MR) is 126 cm³/mol. The number of pyridine rings is 1. The van der Waals surface area contributed by atoms with E-state index < -0.39 is 0 Å². The van der Waals surface area contributed by atoms with Gasteiger partial charge in [0.15, 0.2) is 5.82 Å². The van der Waals surface area contributed by atoms with Crippen molar-refractivity contribution in [2.45, 2.75) is 51.1 Å². The first-order valence-electron chi connectivity index (χ1n) is 11.9. The smallest absolute Gasteiger partial charge is 0.151 e. The standard InChI is InChI=1S/C24H32N8O/c1-17(32-16-23(28-30-32)19-11-21(33-2)14-25-13-19)22-8-9-24(29-27-22)31-10-4-7-20(15-31)26-12-18-5-3-6-18/h8-9,11,13-14,16-18,20,26H,3-7,10,12,15H2,1-2H3/t17?,20-/m1/s1. The summed E-state index contributed by atoms with van der Waals surface area (Å²) in [5.41, 5.74) is 2.46. The van der Waals surface area contributed by atoms with Gasteiger partial charge in [0.1, 0.15) is 11.4 Å². The van der Waals surface area contributed by atoms with Crippen molar-refractivity contribution in [1.29, 1.82) is 0 Å². The number of rotatable bonds is 8. The summed E-state index contributed by atoms with van der Waals surface area (Å²) in [5, 5.41) is 21.5. The Morgan fingerprint density at radius 2 is 2.03 bits per heavy atom. The highest BCUT2D eigenvalue weighted by Crippen LogP contribution is 2.26. The van der Waals surface area contributed by atoms with Crippen molar-refractivity contribution in [3.8, 4) is 17.0 Å². The lowest BCUT2D eigenvalue weighted by atomic mass is 9.85. The summed E-state index contributed by atoms with van der Waals surface area (Å²) < 4.78 is 7.06. The fourth-order valence-electron chi connectivity index (χ4n) is 4.51. The normalized spacial score (nSPS) is 19.8. The molecular weight excluding hydrogens is 416 g/mol. The Labute approximate surface area is 194 Å². The Kier molecular flexibility index (Phi) is 6.48. The number of aromatic nitrogens is 6. The Morgan fingerprint density at radius 1 is 1.12 bits per heavy atom. The van der Waals surface area contributed by atoms with Crippen LogP contribution in [-0.2, 0) is 0 Å². The fourth-order valence-corrected chi connectivity index (χ4v) is 4.51. The number of anilines is 1. The van der Waals surface area contributed by atoms with Crippen LogP contribution in [0.4, 0.5) is 5.82 Å². The van der Waals surface area contributed by atoms with Gasteiger partial charge in [0.25, 0.3) is 0 Å². The van der Waals surface area contributed by atoms with Gasteiger partial charge in [-0.1, -0.05) is 11.6 Å². The first-order chi connectivity index (χ1) is 16.2. The van der Waals surface area contributed by atoms with Gasteiger partial charge in [0, 0.05) is 30.9 Å². The molecule has 1 saturated carbocycles. The molecule has 5 rings (SSSR count). The van der Waals surface area contributed by atoms with Gasteiger partial charge in [0.2, 0.25) is 0 Å². The Balaban J connectivity index is 1.22. The molecule has 0 spiro atoms. The molecule has 1 unspecified atom stereocenters. The molecule has 0 aromatic carbocycles. The van der Waals surface area contributed by atoms with Crippen LogP contribution in [-0.4, -0.2) is 63.0 Å². The van der Waals surface area contributed by atoms with Crippen LogP contribution in [0.2, 0.25) is 0 Å². The van der Waals surface area contributed by atoms with Gasteiger partial charge in [-0.3, -0.25) is 4.98 Å². The largest absolute Gasteiger partial charge is 0.495 e. The van der Waals surface area contributed by atoms with Gasteiger partial charge in [-0.05, 0) is 63.3 Å². The van der Waals surface area contributed by atoms with Crippen molar-refractivity contribution in [1.82, 2.24) is 35.5 Å². The summed E-state index contributed by atoms with van der Waals surface area (Å²) in [6.07, 6.45) is 11.9. The third kappa shape index (κ3) is 4.98. The Hall–Kier alpha value is -3.07. The minimum Gasteiger partial charge on any atom is -0.495 e. The molecule has 0 bridgehead atoms. The molecule has 1 aliphatic heterocycles. The van der Waals surface area contributed by atoms with Crippen LogP contribution >= 0.6 is 0 Å². The highest BCUT2D eigenvalue weighted by atomic mass is 16.5. The van der Waals surface area contributed by atoms with Crippen LogP contribution in [0.25, 0.3) is 11.3 Å². The number of nitrogens with one attached hydrogen (secondary N) is 1. The summed E-state index contributed by atoms with van der Waals surface area (Å²) in [6, 6.07) is 6.49. The zero-order valence-electron chi connectivity index (χ0n) is 19.4. The zero-order valence-corrected chi connectivity index (χ0v) is 19.4. The molecular formula is C24H32N8O. The van der Waals surface area contributed by atoms with Gasteiger partial charge in [-0.25, -0.2) is 4.68 Å². The third-order valence-corrected chi connectivity index (χ3v) is 6.92. The van der Waals surface area contributed by atoms with E-state index in [9.17, 15) is 0 Å². The van der Waals surface area contributed by atoms with Crippen LogP contribution in [0.15, 0.2) is 36.8 Å². The summed E-state index contributed by atoms with van der Waals surface area (Å²) >= 11 is 0. The minimum atomic E-state index is -0.0791. The molecule has 3 aromatic heterocycles. The molecule has 4 heterocycles. The highest BCUT2D eigenvalue weighted by Gasteiger charge is 2.24. The first kappa shape index (κ1) is 21.8.